The van der Waals surface area contributed by atoms with E-state index in [0.717, 1.165) is 31.7 Å². The zero-order chi connectivity index (χ0) is 22.1. The van der Waals surface area contributed by atoms with Gasteiger partial charge >= 0.3 is 0 Å². The molecule has 2 aliphatic rings. The molecular formula is C24H31N5O2. The predicted molar refractivity (Wildman–Crippen MR) is 122 cm³/mol. The molecule has 2 aliphatic heterocycles. The van der Waals surface area contributed by atoms with Gasteiger partial charge in [0, 0.05) is 44.8 Å². The lowest BCUT2D eigenvalue weighted by Crippen LogP contribution is -2.49. The highest BCUT2D eigenvalue weighted by atomic mass is 16.2. The van der Waals surface area contributed by atoms with Crippen molar-refractivity contribution in [1.29, 1.82) is 0 Å². The summed E-state index contributed by atoms with van der Waals surface area (Å²) >= 11 is 0. The van der Waals surface area contributed by atoms with E-state index in [2.05, 4.69) is 34.8 Å². The van der Waals surface area contributed by atoms with Crippen LogP contribution in [0.5, 0.6) is 0 Å². The summed E-state index contributed by atoms with van der Waals surface area (Å²) in [5.74, 6) is 1.76. The molecule has 31 heavy (non-hydrogen) atoms. The quantitative estimate of drug-likeness (QED) is 0.759. The van der Waals surface area contributed by atoms with Crippen LogP contribution in [-0.4, -0.2) is 58.9 Å². The molecule has 2 saturated heterocycles. The van der Waals surface area contributed by atoms with Gasteiger partial charge in [0.2, 0.25) is 5.91 Å². The van der Waals surface area contributed by atoms with Crippen molar-refractivity contribution in [3.8, 4) is 0 Å². The maximum absolute atomic E-state index is 13.1. The number of hydrogen-bond acceptors (Lipinski definition) is 5. The smallest absolute Gasteiger partial charge is 0.255 e. The van der Waals surface area contributed by atoms with Crippen LogP contribution in [0.2, 0.25) is 0 Å². The summed E-state index contributed by atoms with van der Waals surface area (Å²) in [6.07, 6.45) is 4.33. The van der Waals surface area contributed by atoms with Crippen LogP contribution in [0.4, 0.5) is 11.6 Å². The van der Waals surface area contributed by atoms with Crippen molar-refractivity contribution in [2.75, 3.05) is 36.0 Å². The first-order valence-corrected chi connectivity index (χ1v) is 11.2. The second-order valence-corrected chi connectivity index (χ2v) is 8.57. The number of rotatable bonds is 4. The van der Waals surface area contributed by atoms with Crippen LogP contribution in [-0.2, 0) is 11.2 Å². The molecule has 0 aromatic carbocycles. The van der Waals surface area contributed by atoms with Gasteiger partial charge in [-0.2, -0.15) is 0 Å². The highest BCUT2D eigenvalue weighted by Gasteiger charge is 2.31. The molecule has 2 aromatic rings. The molecule has 0 bridgehead atoms. The van der Waals surface area contributed by atoms with Crippen LogP contribution in [0, 0.1) is 13.8 Å². The molecule has 2 amide bonds. The summed E-state index contributed by atoms with van der Waals surface area (Å²) in [7, 11) is 0. The van der Waals surface area contributed by atoms with Gasteiger partial charge in [0.15, 0.2) is 0 Å². The highest BCUT2D eigenvalue weighted by Crippen LogP contribution is 2.26. The van der Waals surface area contributed by atoms with Crippen LogP contribution in [0.1, 0.15) is 53.9 Å². The van der Waals surface area contributed by atoms with E-state index in [1.54, 1.807) is 11.0 Å². The number of anilines is 2. The lowest BCUT2D eigenvalue weighted by atomic mass is 10.1. The molecule has 0 spiro atoms. The van der Waals surface area contributed by atoms with Gasteiger partial charge in [-0.3, -0.25) is 14.5 Å². The molecule has 164 valence electrons. The summed E-state index contributed by atoms with van der Waals surface area (Å²) in [5.41, 5.74) is 3.70. The van der Waals surface area contributed by atoms with E-state index in [9.17, 15) is 9.59 Å². The number of pyridine rings is 2. The first kappa shape index (κ1) is 21.3. The topological polar surface area (TPSA) is 69.6 Å². The molecule has 4 heterocycles. The average Bonchev–Trinajstić information content (AvgIpc) is 3.11. The van der Waals surface area contributed by atoms with Gasteiger partial charge in [-0.25, -0.2) is 9.97 Å². The second-order valence-electron chi connectivity index (χ2n) is 8.57. The molecule has 4 rings (SSSR count). The first-order valence-electron chi connectivity index (χ1n) is 11.2. The van der Waals surface area contributed by atoms with Crippen molar-refractivity contribution >= 4 is 23.5 Å². The fourth-order valence-electron chi connectivity index (χ4n) is 4.53. The van der Waals surface area contributed by atoms with Gasteiger partial charge in [0.25, 0.3) is 5.91 Å². The Hall–Kier alpha value is -2.96. The van der Waals surface area contributed by atoms with E-state index in [-0.39, 0.29) is 17.9 Å². The minimum absolute atomic E-state index is 0.00279. The molecular weight excluding hydrogens is 390 g/mol. The largest absolute Gasteiger partial charge is 0.353 e. The number of carbonyl (C=O) groups is 2. The Morgan fingerprint density at radius 1 is 1.16 bits per heavy atom. The Labute approximate surface area is 184 Å². The van der Waals surface area contributed by atoms with Crippen molar-refractivity contribution in [2.24, 2.45) is 0 Å². The van der Waals surface area contributed by atoms with E-state index in [1.165, 1.54) is 11.1 Å². The van der Waals surface area contributed by atoms with E-state index in [1.807, 2.05) is 31.0 Å². The van der Waals surface area contributed by atoms with Gasteiger partial charge in [-0.1, -0.05) is 13.0 Å². The second kappa shape index (κ2) is 8.65. The fraction of sp³-hybridized carbons (Fsp3) is 0.500. The van der Waals surface area contributed by atoms with E-state index in [0.29, 0.717) is 36.6 Å². The Balaban J connectivity index is 1.43. The maximum atomic E-state index is 13.1. The standard InChI is InChI=1S/C24H31N5O2/c1-5-19-14-16(2)23(25-15-19)27-10-12-28(13-11-27)24(31)20-7-8-21(26-18(20)4)29-17(3)6-9-22(29)30/h7-8,14-15,17H,5-6,9-13H2,1-4H3. The van der Waals surface area contributed by atoms with Crippen molar-refractivity contribution in [2.45, 2.75) is 53.0 Å². The number of amides is 2. The summed E-state index contributed by atoms with van der Waals surface area (Å²) in [6.45, 7) is 10.9. The Morgan fingerprint density at radius 3 is 2.48 bits per heavy atom. The van der Waals surface area contributed by atoms with Crippen LogP contribution in [0.3, 0.4) is 0 Å². The fourth-order valence-corrected chi connectivity index (χ4v) is 4.53. The van der Waals surface area contributed by atoms with Gasteiger partial charge < -0.3 is 9.80 Å². The SMILES string of the molecule is CCc1cnc(N2CCN(C(=O)c3ccc(N4C(=O)CCC4C)nc3C)CC2)c(C)c1. The van der Waals surface area contributed by atoms with Crippen molar-refractivity contribution in [3.63, 3.8) is 0 Å². The molecule has 1 unspecified atom stereocenters. The summed E-state index contributed by atoms with van der Waals surface area (Å²) < 4.78 is 0. The average molecular weight is 422 g/mol. The van der Waals surface area contributed by atoms with Crippen LogP contribution < -0.4 is 9.80 Å². The van der Waals surface area contributed by atoms with Crippen LogP contribution in [0.25, 0.3) is 0 Å². The number of carbonyl (C=O) groups excluding carboxylic acids is 2. The third-order valence-corrected chi connectivity index (χ3v) is 6.42. The Morgan fingerprint density at radius 2 is 1.90 bits per heavy atom. The Kier molecular flexibility index (Phi) is 5.94. The minimum atomic E-state index is 0.00279. The monoisotopic (exact) mass is 421 g/mol. The first-order chi connectivity index (χ1) is 14.9. The number of aryl methyl sites for hydroxylation is 3. The number of piperazine rings is 1. The maximum Gasteiger partial charge on any atom is 0.255 e. The third-order valence-electron chi connectivity index (χ3n) is 6.42. The molecule has 0 aliphatic carbocycles. The van der Waals surface area contributed by atoms with E-state index < -0.39 is 0 Å². The van der Waals surface area contributed by atoms with Gasteiger partial charge in [-0.15, -0.1) is 0 Å². The lowest BCUT2D eigenvalue weighted by molar-refractivity contribution is -0.117. The van der Waals surface area contributed by atoms with Crippen molar-refractivity contribution in [1.82, 2.24) is 14.9 Å². The zero-order valence-corrected chi connectivity index (χ0v) is 18.9. The van der Waals surface area contributed by atoms with Crippen molar-refractivity contribution < 1.29 is 9.59 Å². The number of hydrogen-bond donors (Lipinski definition) is 0. The molecule has 2 aromatic heterocycles. The van der Waals surface area contributed by atoms with Gasteiger partial charge in [-0.05, 0) is 56.9 Å². The third kappa shape index (κ3) is 4.13. The Bertz CT molecular complexity index is 997. The summed E-state index contributed by atoms with van der Waals surface area (Å²) in [6, 6.07) is 5.97. The number of nitrogens with zero attached hydrogens (tertiary/aromatic N) is 5. The molecule has 7 nitrogen and oxygen atoms in total. The molecule has 7 heteroatoms. The molecule has 1 atom stereocenters. The molecule has 0 N–H and O–H groups in total. The van der Waals surface area contributed by atoms with Crippen LogP contribution in [0.15, 0.2) is 24.4 Å². The summed E-state index contributed by atoms with van der Waals surface area (Å²) in [5, 5.41) is 0. The van der Waals surface area contributed by atoms with Crippen molar-refractivity contribution in [3.05, 3.63) is 46.8 Å². The zero-order valence-electron chi connectivity index (χ0n) is 18.9. The molecule has 0 radical (unpaired) electrons. The van der Waals surface area contributed by atoms with E-state index >= 15 is 0 Å². The predicted octanol–water partition coefficient (Wildman–Crippen LogP) is 3.13. The molecule has 2 fully saturated rings. The normalized spacial score (nSPS) is 19.3. The molecule has 0 saturated carbocycles. The number of aromatic nitrogens is 2. The highest BCUT2D eigenvalue weighted by molar-refractivity contribution is 5.97. The summed E-state index contributed by atoms with van der Waals surface area (Å²) in [4.78, 5) is 40.5. The van der Waals surface area contributed by atoms with E-state index in [4.69, 9.17) is 0 Å². The van der Waals surface area contributed by atoms with Gasteiger partial charge in [0.05, 0.1) is 11.3 Å². The van der Waals surface area contributed by atoms with Gasteiger partial charge in [0.1, 0.15) is 11.6 Å². The van der Waals surface area contributed by atoms with Crippen LogP contribution >= 0.6 is 0 Å². The lowest BCUT2D eigenvalue weighted by Gasteiger charge is -2.36. The minimum Gasteiger partial charge on any atom is -0.353 e.